The minimum absolute atomic E-state index is 0.261. The van der Waals surface area contributed by atoms with E-state index in [0.29, 0.717) is 5.02 Å². The topological polar surface area (TPSA) is 36.4 Å². The lowest BCUT2D eigenvalue weighted by molar-refractivity contribution is 0.626. The lowest BCUT2D eigenvalue weighted by Crippen LogP contribution is -2.24. The molecule has 1 atom stereocenters. The smallest absolute Gasteiger partial charge is 0.147 e. The normalized spacial score (nSPS) is 15.8. The molecule has 2 N–H and O–H groups in total. The van der Waals surface area contributed by atoms with E-state index in [9.17, 15) is 4.39 Å². The lowest BCUT2D eigenvalue weighted by atomic mass is 10.1. The SMILES string of the molecule is Fc1ccc(C2N=C(Nc3ccc(Cl)cc3)c3ccccc3N2)cc1. The molecule has 0 bridgehead atoms. The molecule has 3 aromatic rings. The number of hydrogen-bond donors (Lipinski definition) is 2. The summed E-state index contributed by atoms with van der Waals surface area (Å²) in [4.78, 5) is 4.78. The Kier molecular flexibility index (Phi) is 4.12. The van der Waals surface area contributed by atoms with Gasteiger partial charge in [0.25, 0.3) is 0 Å². The Morgan fingerprint density at radius 3 is 2.40 bits per heavy atom. The molecule has 1 aliphatic rings. The highest BCUT2D eigenvalue weighted by atomic mass is 35.5. The molecule has 1 unspecified atom stereocenters. The van der Waals surface area contributed by atoms with Gasteiger partial charge in [-0.15, -0.1) is 0 Å². The minimum atomic E-state index is -0.287. The summed E-state index contributed by atoms with van der Waals surface area (Å²) >= 11 is 5.95. The first-order valence-electron chi connectivity index (χ1n) is 7.91. The van der Waals surface area contributed by atoms with E-state index in [-0.39, 0.29) is 12.0 Å². The fraction of sp³-hybridized carbons (Fsp3) is 0.0500. The van der Waals surface area contributed by atoms with Crippen LogP contribution in [0.25, 0.3) is 0 Å². The van der Waals surface area contributed by atoms with Crippen molar-refractivity contribution in [3.63, 3.8) is 0 Å². The second kappa shape index (κ2) is 6.57. The summed E-state index contributed by atoms with van der Waals surface area (Å²) in [5.41, 5.74) is 3.75. The zero-order valence-electron chi connectivity index (χ0n) is 13.2. The summed E-state index contributed by atoms with van der Waals surface area (Å²) in [5, 5.41) is 7.42. The van der Waals surface area contributed by atoms with Crippen LogP contribution >= 0.6 is 11.6 Å². The second-order valence-corrected chi connectivity index (χ2v) is 6.19. The van der Waals surface area contributed by atoms with Crippen LogP contribution in [0.5, 0.6) is 0 Å². The summed E-state index contributed by atoms with van der Waals surface area (Å²) in [6, 6.07) is 21.8. The maximum Gasteiger partial charge on any atom is 0.147 e. The molecule has 0 fully saturated rings. The van der Waals surface area contributed by atoms with Gasteiger partial charge in [0, 0.05) is 22.0 Å². The van der Waals surface area contributed by atoms with E-state index in [0.717, 1.165) is 28.3 Å². The molecule has 1 heterocycles. The zero-order valence-corrected chi connectivity index (χ0v) is 14.0. The standard InChI is InChI=1S/C20H15ClFN3/c21-14-7-11-16(12-8-14)23-20-17-3-1-2-4-18(17)24-19(25-20)13-5-9-15(22)10-6-13/h1-12,19,24H,(H,23,25). The molecule has 0 amide bonds. The number of aliphatic imine (C=N–C) groups is 1. The number of hydrogen-bond acceptors (Lipinski definition) is 3. The molecule has 0 saturated heterocycles. The molecule has 4 rings (SSSR count). The average molecular weight is 352 g/mol. The van der Waals surface area contributed by atoms with Crippen LogP contribution in [0, 0.1) is 5.82 Å². The number of nitrogens with zero attached hydrogens (tertiary/aromatic N) is 1. The Morgan fingerprint density at radius 1 is 0.920 bits per heavy atom. The van der Waals surface area contributed by atoms with Crippen LogP contribution in [-0.2, 0) is 0 Å². The van der Waals surface area contributed by atoms with Gasteiger partial charge in [-0.25, -0.2) is 9.38 Å². The van der Waals surface area contributed by atoms with E-state index in [4.69, 9.17) is 16.6 Å². The van der Waals surface area contributed by atoms with E-state index >= 15 is 0 Å². The van der Waals surface area contributed by atoms with E-state index in [1.54, 1.807) is 12.1 Å². The van der Waals surface area contributed by atoms with Crippen LogP contribution in [0.15, 0.2) is 77.8 Å². The van der Waals surface area contributed by atoms with Crippen molar-refractivity contribution in [2.45, 2.75) is 6.17 Å². The Morgan fingerprint density at radius 2 is 1.64 bits per heavy atom. The van der Waals surface area contributed by atoms with Crippen molar-refractivity contribution in [2.24, 2.45) is 4.99 Å². The number of para-hydroxylation sites is 1. The molecule has 3 aromatic carbocycles. The largest absolute Gasteiger partial charge is 0.359 e. The summed E-state index contributed by atoms with van der Waals surface area (Å²) in [6.07, 6.45) is -0.287. The Labute approximate surface area is 150 Å². The third-order valence-electron chi connectivity index (χ3n) is 4.03. The molecule has 25 heavy (non-hydrogen) atoms. The van der Waals surface area contributed by atoms with E-state index in [1.165, 1.54) is 12.1 Å². The van der Waals surface area contributed by atoms with Crippen molar-refractivity contribution < 1.29 is 4.39 Å². The highest BCUT2D eigenvalue weighted by molar-refractivity contribution is 6.30. The Balaban J connectivity index is 1.71. The van der Waals surface area contributed by atoms with Gasteiger partial charge in [-0.3, -0.25) is 0 Å². The van der Waals surface area contributed by atoms with Gasteiger partial charge < -0.3 is 10.6 Å². The molecule has 0 radical (unpaired) electrons. The molecule has 0 saturated carbocycles. The number of anilines is 2. The van der Waals surface area contributed by atoms with Crippen molar-refractivity contribution in [1.29, 1.82) is 0 Å². The molecule has 0 spiro atoms. The molecular formula is C20H15ClFN3. The van der Waals surface area contributed by atoms with E-state index in [1.807, 2.05) is 48.5 Å². The Hall–Kier alpha value is -2.85. The van der Waals surface area contributed by atoms with Gasteiger partial charge in [-0.2, -0.15) is 0 Å². The van der Waals surface area contributed by atoms with Crippen molar-refractivity contribution in [3.05, 3.63) is 94.8 Å². The number of nitrogens with one attached hydrogen (secondary N) is 2. The summed E-state index contributed by atoms with van der Waals surface area (Å²) in [6.45, 7) is 0. The lowest BCUT2D eigenvalue weighted by Gasteiger charge is -2.26. The van der Waals surface area contributed by atoms with Crippen molar-refractivity contribution >= 4 is 28.8 Å². The fourth-order valence-electron chi connectivity index (χ4n) is 2.77. The van der Waals surface area contributed by atoms with Crippen LogP contribution in [0.2, 0.25) is 5.02 Å². The van der Waals surface area contributed by atoms with Gasteiger partial charge in [0.2, 0.25) is 0 Å². The predicted molar refractivity (Wildman–Crippen MR) is 101 cm³/mol. The van der Waals surface area contributed by atoms with Crippen LogP contribution < -0.4 is 10.6 Å². The molecule has 0 aromatic heterocycles. The van der Waals surface area contributed by atoms with Crippen molar-refractivity contribution in [1.82, 2.24) is 0 Å². The van der Waals surface area contributed by atoms with E-state index < -0.39 is 0 Å². The zero-order chi connectivity index (χ0) is 17.2. The molecule has 124 valence electrons. The third-order valence-corrected chi connectivity index (χ3v) is 4.28. The predicted octanol–water partition coefficient (Wildman–Crippen LogP) is 5.46. The van der Waals surface area contributed by atoms with Gasteiger partial charge in [-0.1, -0.05) is 35.9 Å². The highest BCUT2D eigenvalue weighted by Crippen LogP contribution is 2.30. The average Bonchev–Trinajstić information content (AvgIpc) is 2.64. The van der Waals surface area contributed by atoms with Crippen LogP contribution in [0.3, 0.4) is 0 Å². The molecular weight excluding hydrogens is 337 g/mol. The van der Waals surface area contributed by atoms with Gasteiger partial charge in [0.15, 0.2) is 0 Å². The van der Waals surface area contributed by atoms with Gasteiger partial charge in [0.1, 0.15) is 17.8 Å². The minimum Gasteiger partial charge on any atom is -0.359 e. The fourth-order valence-corrected chi connectivity index (χ4v) is 2.89. The van der Waals surface area contributed by atoms with Crippen molar-refractivity contribution in [3.8, 4) is 0 Å². The van der Waals surface area contributed by atoms with Crippen LogP contribution in [0.4, 0.5) is 15.8 Å². The van der Waals surface area contributed by atoms with Gasteiger partial charge in [-0.05, 0) is 54.1 Å². The van der Waals surface area contributed by atoms with Gasteiger partial charge in [0.05, 0.1) is 0 Å². The first-order valence-corrected chi connectivity index (χ1v) is 8.29. The molecule has 0 aliphatic carbocycles. The summed E-state index contributed by atoms with van der Waals surface area (Å²) < 4.78 is 13.2. The number of halogens is 2. The molecule has 3 nitrogen and oxygen atoms in total. The van der Waals surface area contributed by atoms with Gasteiger partial charge >= 0.3 is 0 Å². The summed E-state index contributed by atoms with van der Waals surface area (Å²) in [5.74, 6) is 0.495. The first kappa shape index (κ1) is 15.7. The number of fused-ring (bicyclic) bond motifs is 1. The van der Waals surface area contributed by atoms with Crippen molar-refractivity contribution in [2.75, 3.05) is 10.6 Å². The third kappa shape index (κ3) is 3.35. The maximum absolute atomic E-state index is 13.2. The van der Waals surface area contributed by atoms with E-state index in [2.05, 4.69) is 10.6 Å². The quantitative estimate of drug-likeness (QED) is 0.643. The summed E-state index contributed by atoms with van der Waals surface area (Å²) in [7, 11) is 0. The highest BCUT2D eigenvalue weighted by Gasteiger charge is 2.21. The number of benzene rings is 3. The van der Waals surface area contributed by atoms with Crippen LogP contribution in [-0.4, -0.2) is 5.84 Å². The molecule has 1 aliphatic heterocycles. The Bertz CT molecular complexity index is 920. The second-order valence-electron chi connectivity index (χ2n) is 5.75. The monoisotopic (exact) mass is 351 g/mol. The first-order chi connectivity index (χ1) is 12.2. The number of amidine groups is 1. The number of rotatable bonds is 2. The maximum atomic E-state index is 13.2. The molecule has 5 heteroatoms. The van der Waals surface area contributed by atoms with Crippen LogP contribution in [0.1, 0.15) is 17.3 Å².